The van der Waals surface area contributed by atoms with E-state index in [-0.39, 0.29) is 0 Å². The van der Waals surface area contributed by atoms with Crippen molar-refractivity contribution in [2.24, 2.45) is 46.2 Å². The molecule has 9 heteroatoms. The fraction of sp³-hybridized carbons (Fsp3) is 0.625. The van der Waals surface area contributed by atoms with E-state index < -0.39 is 23.6 Å². The fourth-order valence-corrected chi connectivity index (χ4v) is 0.709. The number of primary amides is 3. The molecule has 17 heavy (non-hydrogen) atoms. The lowest BCUT2D eigenvalue weighted by atomic mass is 10.1. The number of amides is 3. The molecule has 100 valence electrons. The van der Waals surface area contributed by atoms with E-state index in [1.165, 1.54) is 0 Å². The first-order valence-electron chi connectivity index (χ1n) is 4.79. The van der Waals surface area contributed by atoms with Crippen LogP contribution < -0.4 is 34.4 Å². The van der Waals surface area contributed by atoms with Crippen LogP contribution in [-0.4, -0.2) is 37.4 Å². The quantitative estimate of drug-likeness (QED) is 0.255. The van der Waals surface area contributed by atoms with Gasteiger partial charge in [0.15, 0.2) is 5.92 Å². The van der Waals surface area contributed by atoms with Crippen LogP contribution in [0.15, 0.2) is 0 Å². The van der Waals surface area contributed by atoms with Gasteiger partial charge in [0.25, 0.3) is 0 Å². The smallest absolute Gasteiger partial charge is 0.239 e. The maximum Gasteiger partial charge on any atom is 0.239 e. The lowest BCUT2D eigenvalue weighted by Gasteiger charge is -2.05. The number of carbonyl (C=O) groups is 3. The molecule has 0 rings (SSSR count). The van der Waals surface area contributed by atoms with E-state index in [0.717, 1.165) is 0 Å². The number of carbonyl (C=O) groups excluding carboxylic acids is 3. The van der Waals surface area contributed by atoms with Crippen molar-refractivity contribution in [3.8, 4) is 0 Å². The van der Waals surface area contributed by atoms with Crippen LogP contribution in [0.5, 0.6) is 0 Å². The Kier molecular flexibility index (Phi) is 9.89. The molecule has 0 aromatic heterocycles. The van der Waals surface area contributed by atoms with Crippen LogP contribution in [0.1, 0.15) is 0 Å². The zero-order valence-electron chi connectivity index (χ0n) is 9.46. The Labute approximate surface area is 98.8 Å². The van der Waals surface area contributed by atoms with E-state index in [2.05, 4.69) is 17.2 Å². The molecule has 0 saturated carbocycles. The molecular weight excluding hydrogens is 228 g/mol. The third kappa shape index (κ3) is 8.13. The second-order valence-corrected chi connectivity index (χ2v) is 3.21. The third-order valence-corrected chi connectivity index (χ3v) is 1.85. The Morgan fingerprint density at radius 1 is 0.706 bits per heavy atom. The molecule has 0 aliphatic carbocycles. The van der Waals surface area contributed by atoms with Crippen molar-refractivity contribution in [3.05, 3.63) is 0 Å². The van der Waals surface area contributed by atoms with Crippen molar-refractivity contribution in [2.75, 3.05) is 19.6 Å². The first-order valence-corrected chi connectivity index (χ1v) is 4.79. The molecule has 3 amide bonds. The molecule has 9 nitrogen and oxygen atoms in total. The minimum atomic E-state index is -1.69. The van der Waals surface area contributed by atoms with Crippen LogP contribution in [0.3, 0.4) is 0 Å². The summed E-state index contributed by atoms with van der Waals surface area (Å²) in [7, 11) is 0. The summed E-state index contributed by atoms with van der Waals surface area (Å²) in [4.78, 5) is 30.6. The van der Waals surface area contributed by atoms with E-state index in [1.807, 2.05) is 0 Å². The molecule has 0 unspecified atom stereocenters. The largest absolute Gasteiger partial charge is 0.369 e. The minimum Gasteiger partial charge on any atom is -0.369 e. The van der Waals surface area contributed by atoms with Gasteiger partial charge in [0.05, 0.1) is 0 Å². The van der Waals surface area contributed by atoms with Crippen LogP contribution in [0.2, 0.25) is 0 Å². The van der Waals surface area contributed by atoms with Gasteiger partial charge in [-0.05, 0) is 25.6 Å². The second kappa shape index (κ2) is 9.51. The molecule has 0 aromatic rings. The van der Waals surface area contributed by atoms with Crippen LogP contribution in [-0.2, 0) is 14.4 Å². The van der Waals surface area contributed by atoms with Gasteiger partial charge in [0, 0.05) is 0 Å². The van der Waals surface area contributed by atoms with Gasteiger partial charge in [0.2, 0.25) is 17.7 Å². The lowest BCUT2D eigenvalue weighted by molar-refractivity contribution is -0.138. The van der Waals surface area contributed by atoms with Crippen molar-refractivity contribution in [3.63, 3.8) is 0 Å². The molecule has 0 saturated heterocycles. The van der Waals surface area contributed by atoms with E-state index in [4.69, 9.17) is 17.2 Å². The first-order chi connectivity index (χ1) is 7.81. The van der Waals surface area contributed by atoms with Crippen molar-refractivity contribution >= 4 is 17.7 Å². The SMILES string of the molecule is NC(=O)C(C(N)=O)C(N)=O.NCC(CN)CN. The third-order valence-electron chi connectivity index (χ3n) is 1.85. The standard InChI is InChI=1S/C4H7N3O3.C4H13N3/c5-2(8)1(3(6)9)4(7)10;5-1-4(2-6)3-7/h1H,(H2,5,8)(H2,6,9)(H2,7,10);4H,1-3,5-7H2. The molecule has 0 aromatic carbocycles. The Morgan fingerprint density at radius 2 is 0.941 bits per heavy atom. The zero-order chi connectivity index (χ0) is 14.0. The molecular formula is C8H20N6O3. The molecule has 0 radical (unpaired) electrons. The van der Waals surface area contributed by atoms with E-state index in [9.17, 15) is 14.4 Å². The molecule has 0 heterocycles. The maximum absolute atomic E-state index is 10.2. The minimum absolute atomic E-state index is 0.319. The monoisotopic (exact) mass is 248 g/mol. The maximum atomic E-state index is 10.2. The van der Waals surface area contributed by atoms with Crippen LogP contribution in [0.25, 0.3) is 0 Å². The Bertz CT molecular complexity index is 227. The normalized spacial score (nSPS) is 9.71. The molecule has 0 atom stereocenters. The van der Waals surface area contributed by atoms with Crippen LogP contribution in [0, 0.1) is 11.8 Å². The summed E-state index contributed by atoms with van der Waals surface area (Å²) in [5.74, 6) is -4.75. The van der Waals surface area contributed by atoms with Crippen molar-refractivity contribution in [1.82, 2.24) is 0 Å². The average molecular weight is 248 g/mol. The Morgan fingerprint density at radius 3 is 0.941 bits per heavy atom. The Balaban J connectivity index is 0. The predicted molar refractivity (Wildman–Crippen MR) is 61.7 cm³/mol. The van der Waals surface area contributed by atoms with Crippen molar-refractivity contribution < 1.29 is 14.4 Å². The van der Waals surface area contributed by atoms with Gasteiger partial charge in [-0.3, -0.25) is 14.4 Å². The average Bonchev–Trinajstić information content (AvgIpc) is 2.19. The van der Waals surface area contributed by atoms with Gasteiger partial charge in [0.1, 0.15) is 0 Å². The molecule has 0 aliphatic rings. The lowest BCUT2D eigenvalue weighted by Crippen LogP contribution is -2.43. The topological polar surface area (TPSA) is 207 Å². The van der Waals surface area contributed by atoms with Gasteiger partial charge in [-0.15, -0.1) is 0 Å². The summed E-state index contributed by atoms with van der Waals surface area (Å²) in [6.07, 6.45) is 0. The van der Waals surface area contributed by atoms with Gasteiger partial charge in [-0.1, -0.05) is 0 Å². The zero-order valence-corrected chi connectivity index (χ0v) is 9.46. The predicted octanol–water partition coefficient (Wildman–Crippen LogP) is -4.46. The van der Waals surface area contributed by atoms with Crippen molar-refractivity contribution in [1.29, 1.82) is 0 Å². The van der Waals surface area contributed by atoms with Gasteiger partial charge in [-0.2, -0.15) is 0 Å². The highest BCUT2D eigenvalue weighted by Crippen LogP contribution is 1.90. The highest BCUT2D eigenvalue weighted by atomic mass is 16.2. The molecule has 0 spiro atoms. The summed E-state index contributed by atoms with van der Waals surface area (Å²) in [6, 6.07) is 0. The van der Waals surface area contributed by atoms with E-state index >= 15 is 0 Å². The molecule has 0 fully saturated rings. The number of hydrogen-bond donors (Lipinski definition) is 6. The summed E-state index contributed by atoms with van der Waals surface area (Å²) in [5.41, 5.74) is 29.5. The fourth-order valence-electron chi connectivity index (χ4n) is 0.709. The van der Waals surface area contributed by atoms with Gasteiger partial charge >= 0.3 is 0 Å². The Hall–Kier alpha value is -1.71. The van der Waals surface area contributed by atoms with E-state index in [1.54, 1.807) is 0 Å². The van der Waals surface area contributed by atoms with Crippen LogP contribution >= 0.6 is 0 Å². The molecule has 0 aliphatic heterocycles. The summed E-state index contributed by atoms with van der Waals surface area (Å²) >= 11 is 0. The summed E-state index contributed by atoms with van der Waals surface area (Å²) in [6.45, 7) is 1.81. The second-order valence-electron chi connectivity index (χ2n) is 3.21. The van der Waals surface area contributed by atoms with Crippen molar-refractivity contribution in [2.45, 2.75) is 0 Å². The summed E-state index contributed by atoms with van der Waals surface area (Å²) in [5, 5.41) is 0. The van der Waals surface area contributed by atoms with Gasteiger partial charge in [-0.25, -0.2) is 0 Å². The number of rotatable bonds is 6. The van der Waals surface area contributed by atoms with E-state index in [0.29, 0.717) is 25.6 Å². The summed E-state index contributed by atoms with van der Waals surface area (Å²) < 4.78 is 0. The van der Waals surface area contributed by atoms with Gasteiger partial charge < -0.3 is 34.4 Å². The van der Waals surface area contributed by atoms with Crippen LogP contribution in [0.4, 0.5) is 0 Å². The number of hydrogen-bond acceptors (Lipinski definition) is 6. The highest BCUT2D eigenvalue weighted by molar-refractivity contribution is 6.16. The molecule has 0 bridgehead atoms. The molecule has 12 N–H and O–H groups in total. The first kappa shape index (κ1) is 17.7. The number of nitrogens with two attached hydrogens (primary N) is 6. The highest BCUT2D eigenvalue weighted by Gasteiger charge is 2.27.